The van der Waals surface area contributed by atoms with Gasteiger partial charge in [-0.25, -0.2) is 0 Å². The van der Waals surface area contributed by atoms with Gasteiger partial charge in [0.25, 0.3) is 0 Å². The molecule has 2 atom stereocenters. The van der Waals surface area contributed by atoms with E-state index in [-0.39, 0.29) is 0 Å². The predicted octanol–water partition coefficient (Wildman–Crippen LogP) is 2.41. The minimum atomic E-state index is 0.354. The molecule has 0 aromatic heterocycles. The second kappa shape index (κ2) is 6.88. The molecule has 1 saturated carbocycles. The number of hydrogen-bond acceptors (Lipinski definition) is 3. The lowest BCUT2D eigenvalue weighted by atomic mass is 10.1. The number of hydrogen-bond donors (Lipinski definition) is 1. The molecule has 1 heterocycles. The summed E-state index contributed by atoms with van der Waals surface area (Å²) in [5.74, 6) is 0. The molecule has 1 aliphatic heterocycles. The Kier molecular flexibility index (Phi) is 5.46. The molecule has 18 heavy (non-hydrogen) atoms. The second-order valence-electron chi connectivity index (χ2n) is 6.40. The van der Waals surface area contributed by atoms with Gasteiger partial charge in [0.15, 0.2) is 0 Å². The first-order valence-electron chi connectivity index (χ1n) is 7.73. The molecule has 0 aromatic rings. The summed E-state index contributed by atoms with van der Waals surface area (Å²) in [7, 11) is 2.30. The van der Waals surface area contributed by atoms with Crippen LogP contribution in [-0.2, 0) is 4.74 Å². The summed E-state index contributed by atoms with van der Waals surface area (Å²) in [6, 6.07) is 2.10. The molecule has 2 aliphatic rings. The molecule has 0 aromatic carbocycles. The van der Waals surface area contributed by atoms with E-state index in [9.17, 15) is 0 Å². The van der Waals surface area contributed by atoms with Crippen LogP contribution in [0, 0.1) is 0 Å². The Morgan fingerprint density at radius 3 is 2.44 bits per heavy atom. The number of nitrogens with zero attached hydrogens (tertiary/aromatic N) is 1. The van der Waals surface area contributed by atoms with Gasteiger partial charge in [-0.05, 0) is 46.6 Å². The monoisotopic (exact) mass is 254 g/mol. The van der Waals surface area contributed by atoms with Gasteiger partial charge in [0.1, 0.15) is 0 Å². The molecule has 1 N–H and O–H groups in total. The van der Waals surface area contributed by atoms with Crippen molar-refractivity contribution < 1.29 is 4.74 Å². The Bertz CT molecular complexity index is 239. The topological polar surface area (TPSA) is 24.5 Å². The van der Waals surface area contributed by atoms with E-state index in [1.165, 1.54) is 45.1 Å². The van der Waals surface area contributed by atoms with Crippen LogP contribution in [0.5, 0.6) is 0 Å². The van der Waals surface area contributed by atoms with Gasteiger partial charge < -0.3 is 15.0 Å². The van der Waals surface area contributed by atoms with E-state index in [4.69, 9.17) is 4.74 Å². The first kappa shape index (κ1) is 14.3. The summed E-state index contributed by atoms with van der Waals surface area (Å²) >= 11 is 0. The maximum atomic E-state index is 5.70. The molecular formula is C15H30N2O. The molecule has 1 saturated heterocycles. The third-order valence-corrected chi connectivity index (χ3v) is 4.42. The number of ether oxygens (including phenoxy) is 1. The fraction of sp³-hybridized carbons (Fsp3) is 1.00. The smallest absolute Gasteiger partial charge is 0.0623 e. The largest absolute Gasteiger partial charge is 0.377 e. The Labute approximate surface area is 112 Å². The third kappa shape index (κ3) is 4.22. The van der Waals surface area contributed by atoms with E-state index in [0.717, 1.165) is 12.6 Å². The lowest BCUT2D eigenvalue weighted by Gasteiger charge is -2.27. The molecule has 1 aliphatic carbocycles. The van der Waals surface area contributed by atoms with Crippen molar-refractivity contribution in [1.82, 2.24) is 10.2 Å². The molecule has 2 unspecified atom stereocenters. The normalized spacial score (nSPS) is 29.8. The summed E-state index contributed by atoms with van der Waals surface area (Å²) in [5, 5.41) is 3.73. The second-order valence-corrected chi connectivity index (χ2v) is 6.40. The summed E-state index contributed by atoms with van der Waals surface area (Å²) in [4.78, 5) is 2.58. The third-order valence-electron chi connectivity index (χ3n) is 4.42. The van der Waals surface area contributed by atoms with Crippen LogP contribution in [0.3, 0.4) is 0 Å². The molecule has 2 fully saturated rings. The van der Waals surface area contributed by atoms with Crippen LogP contribution >= 0.6 is 0 Å². The highest BCUT2D eigenvalue weighted by atomic mass is 16.5. The summed E-state index contributed by atoms with van der Waals surface area (Å²) < 4.78 is 5.70. The molecule has 0 bridgehead atoms. The van der Waals surface area contributed by atoms with Crippen LogP contribution in [0.4, 0.5) is 0 Å². The van der Waals surface area contributed by atoms with Crippen molar-refractivity contribution in [2.24, 2.45) is 0 Å². The molecular weight excluding hydrogens is 224 g/mol. The summed E-state index contributed by atoms with van der Waals surface area (Å²) in [6.45, 7) is 6.31. The lowest BCUT2D eigenvalue weighted by Crippen LogP contribution is -2.42. The number of rotatable bonds is 6. The van der Waals surface area contributed by atoms with Crippen LogP contribution in [-0.4, -0.2) is 49.3 Å². The fourth-order valence-electron chi connectivity index (χ4n) is 3.33. The van der Waals surface area contributed by atoms with E-state index >= 15 is 0 Å². The minimum Gasteiger partial charge on any atom is -0.377 e. The Balaban J connectivity index is 1.65. The summed E-state index contributed by atoms with van der Waals surface area (Å²) in [5.41, 5.74) is 0. The zero-order valence-electron chi connectivity index (χ0n) is 12.3. The molecule has 0 amide bonds. The van der Waals surface area contributed by atoms with Crippen LogP contribution in [0.1, 0.15) is 52.4 Å². The Morgan fingerprint density at radius 2 is 1.78 bits per heavy atom. The summed E-state index contributed by atoms with van der Waals surface area (Å²) in [6.07, 6.45) is 8.60. The van der Waals surface area contributed by atoms with Crippen LogP contribution in [0.2, 0.25) is 0 Å². The van der Waals surface area contributed by atoms with E-state index < -0.39 is 0 Å². The average Bonchev–Trinajstić information content (AvgIpc) is 2.97. The lowest BCUT2D eigenvalue weighted by molar-refractivity contribution is 0.0635. The van der Waals surface area contributed by atoms with Crippen molar-refractivity contribution in [1.29, 1.82) is 0 Å². The molecule has 3 heteroatoms. The average molecular weight is 254 g/mol. The first-order chi connectivity index (χ1) is 8.65. The van der Waals surface area contributed by atoms with Gasteiger partial charge in [0.05, 0.1) is 12.7 Å². The van der Waals surface area contributed by atoms with E-state index in [1.807, 2.05) is 0 Å². The maximum absolute atomic E-state index is 5.70. The van der Waals surface area contributed by atoms with Crippen LogP contribution < -0.4 is 5.32 Å². The van der Waals surface area contributed by atoms with Crippen molar-refractivity contribution in [2.45, 2.75) is 76.6 Å². The number of nitrogens with one attached hydrogen (secondary N) is 1. The standard InChI is InChI=1S/C15H30N2O/c1-12(2)18-11-14-9-8-13(16-14)10-17(3)15-6-4-5-7-15/h12-16H,4-11H2,1-3H3. The SMILES string of the molecule is CC(C)OCC1CCC(CN(C)C2CCCC2)N1. The van der Waals surface area contributed by atoms with Crippen LogP contribution in [0.25, 0.3) is 0 Å². The van der Waals surface area contributed by atoms with Crippen molar-refractivity contribution in [3.05, 3.63) is 0 Å². The Morgan fingerprint density at radius 1 is 1.11 bits per heavy atom. The van der Waals surface area contributed by atoms with E-state index in [1.54, 1.807) is 0 Å². The highest BCUT2D eigenvalue weighted by molar-refractivity contribution is 4.87. The molecule has 0 radical (unpaired) electrons. The van der Waals surface area contributed by atoms with Gasteiger partial charge in [0, 0.05) is 24.7 Å². The van der Waals surface area contributed by atoms with Gasteiger partial charge in [0.2, 0.25) is 0 Å². The quantitative estimate of drug-likeness (QED) is 0.788. The van der Waals surface area contributed by atoms with Crippen molar-refractivity contribution >= 4 is 0 Å². The van der Waals surface area contributed by atoms with Gasteiger partial charge in [-0.1, -0.05) is 12.8 Å². The first-order valence-corrected chi connectivity index (χ1v) is 7.73. The number of likely N-dealkylation sites (N-methyl/N-ethyl adjacent to an activating group) is 1. The van der Waals surface area contributed by atoms with Gasteiger partial charge in [-0.15, -0.1) is 0 Å². The fourth-order valence-corrected chi connectivity index (χ4v) is 3.33. The minimum absolute atomic E-state index is 0.354. The Hall–Kier alpha value is -0.120. The van der Waals surface area contributed by atoms with Crippen molar-refractivity contribution in [3.8, 4) is 0 Å². The highest BCUT2D eigenvalue weighted by Gasteiger charge is 2.27. The van der Waals surface area contributed by atoms with Crippen molar-refractivity contribution in [3.63, 3.8) is 0 Å². The van der Waals surface area contributed by atoms with Gasteiger partial charge in [-0.3, -0.25) is 0 Å². The molecule has 2 rings (SSSR count). The molecule has 0 spiro atoms. The van der Waals surface area contributed by atoms with Crippen LogP contribution in [0.15, 0.2) is 0 Å². The van der Waals surface area contributed by atoms with Gasteiger partial charge in [-0.2, -0.15) is 0 Å². The van der Waals surface area contributed by atoms with Gasteiger partial charge >= 0.3 is 0 Å². The zero-order valence-corrected chi connectivity index (χ0v) is 12.3. The maximum Gasteiger partial charge on any atom is 0.0623 e. The molecule has 3 nitrogen and oxygen atoms in total. The van der Waals surface area contributed by atoms with Crippen molar-refractivity contribution in [2.75, 3.05) is 20.2 Å². The molecule has 106 valence electrons. The highest BCUT2D eigenvalue weighted by Crippen LogP contribution is 2.23. The van der Waals surface area contributed by atoms with E-state index in [2.05, 4.69) is 31.1 Å². The predicted molar refractivity (Wildman–Crippen MR) is 75.9 cm³/mol. The van der Waals surface area contributed by atoms with E-state index in [0.29, 0.717) is 18.2 Å². The zero-order chi connectivity index (χ0) is 13.0.